The maximum absolute atomic E-state index is 9.46. The molecule has 0 amide bonds. The first-order chi connectivity index (χ1) is 11.7. The molecule has 122 valence electrons. The van der Waals surface area contributed by atoms with Gasteiger partial charge in [-0.15, -0.1) is 0 Å². The van der Waals surface area contributed by atoms with Gasteiger partial charge in [-0.25, -0.2) is 15.0 Å². The van der Waals surface area contributed by atoms with E-state index in [1.807, 2.05) is 24.3 Å². The number of benzene rings is 1. The molecule has 0 aliphatic heterocycles. The highest BCUT2D eigenvalue weighted by molar-refractivity contribution is 7.99. The molecule has 0 fully saturated rings. The van der Waals surface area contributed by atoms with E-state index in [1.54, 1.807) is 18.5 Å². The van der Waals surface area contributed by atoms with Gasteiger partial charge >= 0.3 is 0 Å². The van der Waals surface area contributed by atoms with Crippen molar-refractivity contribution in [2.24, 2.45) is 5.73 Å². The topological polar surface area (TPSA) is 84.9 Å². The minimum absolute atomic E-state index is 0.0786. The van der Waals surface area contributed by atoms with E-state index >= 15 is 0 Å². The molecule has 0 aliphatic rings. The van der Waals surface area contributed by atoms with Crippen molar-refractivity contribution in [1.29, 1.82) is 0 Å². The van der Waals surface area contributed by atoms with Gasteiger partial charge < -0.3 is 10.8 Å². The lowest BCUT2D eigenvalue weighted by Gasteiger charge is -2.13. The van der Waals surface area contributed by atoms with E-state index in [1.165, 1.54) is 18.1 Å². The van der Waals surface area contributed by atoms with Crippen LogP contribution in [0.3, 0.4) is 0 Å². The summed E-state index contributed by atoms with van der Waals surface area (Å²) in [4.78, 5) is 13.3. The lowest BCUT2D eigenvalue weighted by molar-refractivity contribution is 0.278. The second kappa shape index (κ2) is 7.72. The lowest BCUT2D eigenvalue weighted by atomic mass is 10.1. The molecule has 2 heterocycles. The molecule has 7 heteroatoms. The molecule has 3 rings (SSSR count). The maximum Gasteiger partial charge on any atom is 0.116 e. The Balaban J connectivity index is 2.02. The summed E-state index contributed by atoms with van der Waals surface area (Å²) in [6.07, 6.45) is 4.87. The number of aromatic nitrogens is 3. The zero-order chi connectivity index (χ0) is 16.9. The van der Waals surface area contributed by atoms with Crippen molar-refractivity contribution < 1.29 is 5.11 Å². The first-order valence-electron chi connectivity index (χ1n) is 7.24. The fourth-order valence-corrected chi connectivity index (χ4v) is 3.61. The van der Waals surface area contributed by atoms with Crippen LogP contribution in [-0.4, -0.2) is 20.1 Å². The van der Waals surface area contributed by atoms with E-state index < -0.39 is 0 Å². The predicted molar refractivity (Wildman–Crippen MR) is 94.7 cm³/mol. The van der Waals surface area contributed by atoms with Crippen molar-refractivity contribution in [1.82, 2.24) is 15.0 Å². The van der Waals surface area contributed by atoms with Gasteiger partial charge in [0.1, 0.15) is 11.4 Å². The molecule has 3 aromatic rings. The fourth-order valence-electron chi connectivity index (χ4n) is 2.26. The van der Waals surface area contributed by atoms with E-state index in [0.717, 1.165) is 27.3 Å². The van der Waals surface area contributed by atoms with Crippen molar-refractivity contribution in [2.75, 3.05) is 0 Å². The van der Waals surface area contributed by atoms with E-state index in [0.29, 0.717) is 16.6 Å². The molecule has 1 aromatic carbocycles. The van der Waals surface area contributed by atoms with Gasteiger partial charge in [0.15, 0.2) is 0 Å². The Morgan fingerprint density at radius 1 is 1.12 bits per heavy atom. The molecule has 0 atom stereocenters. The van der Waals surface area contributed by atoms with Crippen molar-refractivity contribution >= 4 is 23.4 Å². The minimum Gasteiger partial charge on any atom is -0.392 e. The number of nitrogens with two attached hydrogens (primary N) is 1. The molecule has 2 aromatic heterocycles. The van der Waals surface area contributed by atoms with Crippen molar-refractivity contribution in [3.8, 4) is 11.3 Å². The smallest absolute Gasteiger partial charge is 0.116 e. The number of hydrogen-bond donors (Lipinski definition) is 2. The van der Waals surface area contributed by atoms with Crippen LogP contribution in [0.2, 0.25) is 5.02 Å². The Kier molecular flexibility index (Phi) is 5.42. The summed E-state index contributed by atoms with van der Waals surface area (Å²) in [5, 5.41) is 10.7. The largest absolute Gasteiger partial charge is 0.392 e. The third kappa shape index (κ3) is 3.57. The fraction of sp³-hybridized carbons (Fsp3) is 0.118. The zero-order valence-corrected chi connectivity index (χ0v) is 14.3. The van der Waals surface area contributed by atoms with Crippen LogP contribution >= 0.6 is 23.4 Å². The SMILES string of the molecule is NCc1cc(-c2ccncn2)cc(Cl)c1Sc1ncccc1CO. The Morgan fingerprint density at radius 3 is 2.71 bits per heavy atom. The molecule has 5 nitrogen and oxygen atoms in total. The number of hydrogen-bond acceptors (Lipinski definition) is 6. The molecular weight excluding hydrogens is 344 g/mol. The van der Waals surface area contributed by atoms with E-state index in [2.05, 4.69) is 15.0 Å². The molecule has 0 saturated heterocycles. The highest BCUT2D eigenvalue weighted by atomic mass is 35.5. The van der Waals surface area contributed by atoms with Gasteiger partial charge in [-0.1, -0.05) is 29.4 Å². The predicted octanol–water partition coefficient (Wildman–Crippen LogP) is 3.29. The van der Waals surface area contributed by atoms with Gasteiger partial charge in [0.05, 0.1) is 17.3 Å². The van der Waals surface area contributed by atoms with Gasteiger partial charge in [-0.2, -0.15) is 0 Å². The summed E-state index contributed by atoms with van der Waals surface area (Å²) in [6.45, 7) is 0.257. The number of halogens is 1. The minimum atomic E-state index is -0.0786. The Bertz CT molecular complexity index is 845. The van der Waals surface area contributed by atoms with Crippen molar-refractivity contribution in [2.45, 2.75) is 23.1 Å². The van der Waals surface area contributed by atoms with E-state index in [9.17, 15) is 5.11 Å². The van der Waals surface area contributed by atoms with Crippen LogP contribution in [0.5, 0.6) is 0 Å². The molecular formula is C17H15ClN4OS. The van der Waals surface area contributed by atoms with Crippen LogP contribution in [0.4, 0.5) is 0 Å². The van der Waals surface area contributed by atoms with Crippen molar-refractivity contribution in [3.05, 3.63) is 65.2 Å². The highest BCUT2D eigenvalue weighted by Gasteiger charge is 2.14. The molecule has 0 saturated carbocycles. The quantitative estimate of drug-likeness (QED) is 0.728. The highest BCUT2D eigenvalue weighted by Crippen LogP contribution is 2.39. The molecule has 24 heavy (non-hydrogen) atoms. The van der Waals surface area contributed by atoms with Crippen LogP contribution in [0.25, 0.3) is 11.3 Å². The van der Waals surface area contributed by atoms with Crippen LogP contribution < -0.4 is 5.73 Å². The number of nitrogens with zero attached hydrogens (tertiary/aromatic N) is 3. The standard InChI is InChI=1S/C17H15ClN4OS/c18-14-7-12(15-3-5-20-10-22-15)6-13(8-19)16(14)24-17-11(9-23)2-1-4-21-17/h1-7,10,23H,8-9,19H2. The summed E-state index contributed by atoms with van der Waals surface area (Å²) in [6, 6.07) is 9.27. The molecule has 0 bridgehead atoms. The Morgan fingerprint density at radius 2 is 2.00 bits per heavy atom. The van der Waals surface area contributed by atoms with E-state index in [-0.39, 0.29) is 6.61 Å². The van der Waals surface area contributed by atoms with Gasteiger partial charge in [-0.3, -0.25) is 0 Å². The average Bonchev–Trinajstić information content (AvgIpc) is 2.64. The van der Waals surface area contributed by atoms with Gasteiger partial charge in [0.25, 0.3) is 0 Å². The lowest BCUT2D eigenvalue weighted by Crippen LogP contribution is -2.01. The molecule has 0 aliphatic carbocycles. The summed E-state index contributed by atoms with van der Waals surface area (Å²) in [7, 11) is 0. The van der Waals surface area contributed by atoms with Crippen LogP contribution in [0.1, 0.15) is 11.1 Å². The number of pyridine rings is 1. The Labute approximate surface area is 148 Å². The summed E-state index contributed by atoms with van der Waals surface area (Å²) < 4.78 is 0. The van der Waals surface area contributed by atoms with Gasteiger partial charge in [-0.05, 0) is 29.8 Å². The Hall–Kier alpha value is -1.99. The number of aliphatic hydroxyl groups excluding tert-OH is 1. The summed E-state index contributed by atoms with van der Waals surface area (Å²) in [5.74, 6) is 0. The molecule has 0 radical (unpaired) electrons. The van der Waals surface area contributed by atoms with Gasteiger partial charge in [0, 0.05) is 35.0 Å². The average molecular weight is 359 g/mol. The van der Waals surface area contributed by atoms with Crippen LogP contribution in [0.15, 0.2) is 59.0 Å². The summed E-state index contributed by atoms with van der Waals surface area (Å²) in [5.41, 5.74) is 9.24. The second-order valence-electron chi connectivity index (χ2n) is 4.97. The monoisotopic (exact) mass is 358 g/mol. The first kappa shape index (κ1) is 16.9. The van der Waals surface area contributed by atoms with Crippen LogP contribution in [-0.2, 0) is 13.2 Å². The zero-order valence-electron chi connectivity index (χ0n) is 12.7. The van der Waals surface area contributed by atoms with E-state index in [4.69, 9.17) is 17.3 Å². The van der Waals surface area contributed by atoms with Crippen LogP contribution in [0, 0.1) is 0 Å². The first-order valence-corrected chi connectivity index (χ1v) is 8.44. The van der Waals surface area contributed by atoms with Crippen molar-refractivity contribution in [3.63, 3.8) is 0 Å². The summed E-state index contributed by atoms with van der Waals surface area (Å²) >= 11 is 7.90. The molecule has 0 unspecified atom stereocenters. The molecule has 0 spiro atoms. The number of aliphatic hydroxyl groups is 1. The maximum atomic E-state index is 9.46. The van der Waals surface area contributed by atoms with Gasteiger partial charge in [0.2, 0.25) is 0 Å². The molecule has 3 N–H and O–H groups in total. The number of rotatable bonds is 5. The second-order valence-corrected chi connectivity index (χ2v) is 6.38. The third-order valence-electron chi connectivity index (χ3n) is 3.44. The normalized spacial score (nSPS) is 10.8. The third-order valence-corrected chi connectivity index (χ3v) is 5.09.